The van der Waals surface area contributed by atoms with Crippen LogP contribution in [-0.4, -0.2) is 46.7 Å². The molecule has 0 spiro atoms. The van der Waals surface area contributed by atoms with Crippen molar-refractivity contribution in [1.82, 2.24) is 14.6 Å². The lowest BCUT2D eigenvalue weighted by molar-refractivity contribution is -0.140. The number of aliphatic carboxylic acids is 1. The highest BCUT2D eigenvalue weighted by Crippen LogP contribution is 2.29. The molecule has 1 atom stereocenters. The lowest BCUT2D eigenvalue weighted by Gasteiger charge is -2.20. The third-order valence-corrected chi connectivity index (χ3v) is 5.26. The van der Waals surface area contributed by atoms with Crippen molar-refractivity contribution in [3.05, 3.63) is 18.2 Å². The number of rotatable bonds is 3. The normalized spacial score (nSPS) is 20.5. The Balaban J connectivity index is 2.12. The zero-order chi connectivity index (χ0) is 14.3. The Morgan fingerprint density at radius 2 is 2.20 bits per heavy atom. The van der Waals surface area contributed by atoms with Crippen LogP contribution < -0.4 is 0 Å². The molecule has 3 rings (SSSR count). The Bertz CT molecular complexity index is 769. The highest BCUT2D eigenvalue weighted by molar-refractivity contribution is 7.89. The predicted octanol–water partition coefficient (Wildman–Crippen LogP) is 0.460. The van der Waals surface area contributed by atoms with E-state index in [4.69, 9.17) is 5.11 Å². The third-order valence-electron chi connectivity index (χ3n) is 3.32. The lowest BCUT2D eigenvalue weighted by Crippen LogP contribution is -2.40. The van der Waals surface area contributed by atoms with Crippen molar-refractivity contribution in [1.29, 1.82) is 0 Å². The minimum absolute atomic E-state index is 0.0793. The molecule has 0 radical (unpaired) electrons. The monoisotopic (exact) mass is 297 g/mol. The van der Waals surface area contributed by atoms with Crippen molar-refractivity contribution >= 4 is 27.0 Å². The average molecular weight is 297 g/mol. The molecule has 20 heavy (non-hydrogen) atoms. The Morgan fingerprint density at radius 3 is 2.95 bits per heavy atom. The van der Waals surface area contributed by atoms with E-state index in [0.717, 1.165) is 4.31 Å². The van der Waals surface area contributed by atoms with Gasteiger partial charge in [0.1, 0.15) is 16.5 Å². The van der Waals surface area contributed by atoms with E-state index in [1.54, 1.807) is 6.07 Å². The molecule has 1 aromatic carbocycles. The summed E-state index contributed by atoms with van der Waals surface area (Å²) in [6.45, 7) is 0.182. The van der Waals surface area contributed by atoms with Crippen LogP contribution in [0.15, 0.2) is 27.7 Å². The van der Waals surface area contributed by atoms with Crippen molar-refractivity contribution in [2.24, 2.45) is 0 Å². The standard InChI is InChI=1S/C11H11N3O5S/c15-11(16)8-4-2-6-14(8)20(17,18)9-5-1-3-7-10(9)13-19-12-7/h1,3,5,8H,2,4,6H2,(H,15,16). The predicted molar refractivity (Wildman–Crippen MR) is 66.4 cm³/mol. The number of carbonyl (C=O) groups is 1. The van der Waals surface area contributed by atoms with E-state index in [9.17, 15) is 13.2 Å². The molecular formula is C11H11N3O5S. The maximum atomic E-state index is 12.6. The van der Waals surface area contributed by atoms with Gasteiger partial charge in [-0.1, -0.05) is 6.07 Å². The van der Waals surface area contributed by atoms with Gasteiger partial charge in [-0.25, -0.2) is 13.0 Å². The van der Waals surface area contributed by atoms with Crippen molar-refractivity contribution in [3.63, 3.8) is 0 Å². The van der Waals surface area contributed by atoms with Crippen LogP contribution in [0.25, 0.3) is 11.0 Å². The first-order valence-corrected chi connectivity index (χ1v) is 7.42. The molecule has 9 heteroatoms. The number of aromatic nitrogens is 2. The maximum absolute atomic E-state index is 12.6. The quantitative estimate of drug-likeness (QED) is 0.875. The van der Waals surface area contributed by atoms with Crippen molar-refractivity contribution in [2.45, 2.75) is 23.8 Å². The number of benzene rings is 1. The first kappa shape index (κ1) is 13.0. The SMILES string of the molecule is O=C(O)C1CCCN1S(=O)(=O)c1cccc2nonc12. The van der Waals surface area contributed by atoms with E-state index in [1.807, 2.05) is 0 Å². The number of fused-ring (bicyclic) bond motifs is 1. The van der Waals surface area contributed by atoms with Gasteiger partial charge in [0.2, 0.25) is 10.0 Å². The largest absolute Gasteiger partial charge is 0.480 e. The molecule has 8 nitrogen and oxygen atoms in total. The van der Waals surface area contributed by atoms with Crippen LogP contribution in [0.4, 0.5) is 0 Å². The summed E-state index contributed by atoms with van der Waals surface area (Å²) in [6, 6.07) is 3.43. The fourth-order valence-corrected chi connectivity index (χ4v) is 4.18. The smallest absolute Gasteiger partial charge is 0.322 e. The molecule has 1 aromatic heterocycles. The molecule has 0 aliphatic carbocycles. The van der Waals surface area contributed by atoms with Gasteiger partial charge in [0.25, 0.3) is 0 Å². The summed E-state index contributed by atoms with van der Waals surface area (Å²) in [5, 5.41) is 16.3. The van der Waals surface area contributed by atoms with Gasteiger partial charge in [0.05, 0.1) is 0 Å². The van der Waals surface area contributed by atoms with Gasteiger partial charge >= 0.3 is 5.97 Å². The van der Waals surface area contributed by atoms with Crippen LogP contribution in [0.2, 0.25) is 0 Å². The number of carboxylic acid groups (broad SMARTS) is 1. The molecule has 1 aliphatic heterocycles. The van der Waals surface area contributed by atoms with Gasteiger partial charge in [-0.2, -0.15) is 4.31 Å². The van der Waals surface area contributed by atoms with Crippen LogP contribution in [0, 0.1) is 0 Å². The van der Waals surface area contributed by atoms with Crippen LogP contribution in [-0.2, 0) is 14.8 Å². The van der Waals surface area contributed by atoms with E-state index in [0.29, 0.717) is 18.4 Å². The maximum Gasteiger partial charge on any atom is 0.322 e. The first-order chi connectivity index (χ1) is 9.51. The minimum atomic E-state index is -3.94. The zero-order valence-electron chi connectivity index (χ0n) is 10.3. The van der Waals surface area contributed by atoms with Gasteiger partial charge in [-0.3, -0.25) is 4.79 Å². The highest BCUT2D eigenvalue weighted by atomic mass is 32.2. The molecule has 1 saturated heterocycles. The Hall–Kier alpha value is -2.00. The summed E-state index contributed by atoms with van der Waals surface area (Å²) in [5.74, 6) is -1.14. The fraction of sp³-hybridized carbons (Fsp3) is 0.364. The Labute approximate surface area is 114 Å². The van der Waals surface area contributed by atoms with Crippen LogP contribution in [0.5, 0.6) is 0 Å². The number of carboxylic acids is 1. The van der Waals surface area contributed by atoms with Crippen molar-refractivity contribution in [2.75, 3.05) is 6.54 Å². The Kier molecular flexibility index (Phi) is 2.94. The second-order valence-corrected chi connectivity index (χ2v) is 6.36. The van der Waals surface area contributed by atoms with Gasteiger partial charge in [0, 0.05) is 6.54 Å². The molecule has 0 amide bonds. The van der Waals surface area contributed by atoms with Crippen LogP contribution >= 0.6 is 0 Å². The first-order valence-electron chi connectivity index (χ1n) is 5.98. The topological polar surface area (TPSA) is 114 Å². The zero-order valence-corrected chi connectivity index (χ0v) is 11.1. The summed E-state index contributed by atoms with van der Waals surface area (Å²) >= 11 is 0. The van der Waals surface area contributed by atoms with Crippen molar-refractivity contribution < 1.29 is 22.9 Å². The lowest BCUT2D eigenvalue weighted by atomic mass is 10.2. The minimum Gasteiger partial charge on any atom is -0.480 e. The van der Waals surface area contributed by atoms with E-state index >= 15 is 0 Å². The number of sulfonamides is 1. The van der Waals surface area contributed by atoms with Crippen LogP contribution in [0.1, 0.15) is 12.8 Å². The average Bonchev–Trinajstić information content (AvgIpc) is 3.06. The number of hydrogen-bond acceptors (Lipinski definition) is 6. The molecular weight excluding hydrogens is 286 g/mol. The van der Waals surface area contributed by atoms with Gasteiger partial charge in [-0.05, 0) is 35.3 Å². The molecule has 1 fully saturated rings. The third kappa shape index (κ3) is 1.86. The fourth-order valence-electron chi connectivity index (χ4n) is 2.39. The number of nitrogens with zero attached hydrogens (tertiary/aromatic N) is 3. The summed E-state index contributed by atoms with van der Waals surface area (Å²) in [5.41, 5.74) is 0.431. The molecule has 1 unspecified atom stereocenters. The summed E-state index contributed by atoms with van der Waals surface area (Å²) in [4.78, 5) is 11.1. The molecule has 2 aromatic rings. The molecule has 1 N–H and O–H groups in total. The highest BCUT2D eigenvalue weighted by Gasteiger charge is 2.40. The van der Waals surface area contributed by atoms with E-state index in [1.165, 1.54) is 12.1 Å². The van der Waals surface area contributed by atoms with Gasteiger partial charge in [-0.15, -0.1) is 0 Å². The molecule has 0 saturated carbocycles. The Morgan fingerprint density at radius 1 is 1.40 bits per heavy atom. The summed E-state index contributed by atoms with van der Waals surface area (Å²) in [6.07, 6.45) is 0.824. The second-order valence-electron chi connectivity index (χ2n) is 4.50. The van der Waals surface area contributed by atoms with Crippen molar-refractivity contribution in [3.8, 4) is 0 Å². The van der Waals surface area contributed by atoms with E-state index in [-0.39, 0.29) is 17.0 Å². The van der Waals surface area contributed by atoms with Crippen LogP contribution in [0.3, 0.4) is 0 Å². The van der Waals surface area contributed by atoms with E-state index in [2.05, 4.69) is 14.9 Å². The molecule has 1 aliphatic rings. The molecule has 106 valence electrons. The van der Waals surface area contributed by atoms with Gasteiger partial charge in [0.15, 0.2) is 5.52 Å². The van der Waals surface area contributed by atoms with Gasteiger partial charge < -0.3 is 5.11 Å². The van der Waals surface area contributed by atoms with E-state index < -0.39 is 22.0 Å². The number of hydrogen-bond donors (Lipinski definition) is 1. The molecule has 2 heterocycles. The summed E-state index contributed by atoms with van der Waals surface area (Å²) < 4.78 is 30.8. The molecule has 0 bridgehead atoms. The second kappa shape index (κ2) is 4.53. The summed E-state index contributed by atoms with van der Waals surface area (Å²) in [7, 11) is -3.94.